The van der Waals surface area contributed by atoms with Crippen LogP contribution < -0.4 is 5.32 Å². The quantitative estimate of drug-likeness (QED) is 0.466. The van der Waals surface area contributed by atoms with Gasteiger partial charge >= 0.3 is 12.0 Å². The minimum absolute atomic E-state index is 0.155. The van der Waals surface area contributed by atoms with Gasteiger partial charge in [0.1, 0.15) is 6.17 Å². The summed E-state index contributed by atoms with van der Waals surface area (Å²) in [6.45, 7) is -0.174. The number of hydroxylamine groups is 2. The standard InChI is InChI=1S/C12H16FN3O5/c1-20-11(18)7-6-14-12(19)16(10(7)17)21-15-9-5-3-2-4-8(9)13/h7-8H,2-6H2,1H3,(H,14,19). The molecule has 0 aromatic rings. The van der Waals surface area contributed by atoms with Crippen LogP contribution in [0.2, 0.25) is 0 Å². The van der Waals surface area contributed by atoms with Crippen molar-refractivity contribution in [1.82, 2.24) is 10.4 Å². The molecular weight excluding hydrogens is 285 g/mol. The summed E-state index contributed by atoms with van der Waals surface area (Å²) in [5.41, 5.74) is 0.155. The molecule has 2 fully saturated rings. The lowest BCUT2D eigenvalue weighted by Crippen LogP contribution is -2.56. The highest BCUT2D eigenvalue weighted by Gasteiger charge is 2.41. The highest BCUT2D eigenvalue weighted by atomic mass is 19.1. The van der Waals surface area contributed by atoms with Crippen molar-refractivity contribution in [2.75, 3.05) is 13.7 Å². The van der Waals surface area contributed by atoms with Crippen molar-refractivity contribution in [3.63, 3.8) is 0 Å². The fraction of sp³-hybridized carbons (Fsp3) is 0.667. The molecule has 2 atom stereocenters. The number of rotatable bonds is 3. The maximum Gasteiger partial charge on any atom is 0.360 e. The van der Waals surface area contributed by atoms with Crippen molar-refractivity contribution in [2.45, 2.75) is 31.9 Å². The van der Waals surface area contributed by atoms with E-state index in [0.29, 0.717) is 17.9 Å². The van der Waals surface area contributed by atoms with Gasteiger partial charge in [-0.2, -0.15) is 0 Å². The number of hydrogen-bond donors (Lipinski definition) is 1. The zero-order valence-electron chi connectivity index (χ0n) is 11.5. The van der Waals surface area contributed by atoms with Gasteiger partial charge < -0.3 is 10.1 Å². The van der Waals surface area contributed by atoms with Crippen LogP contribution in [0.1, 0.15) is 25.7 Å². The molecule has 1 saturated heterocycles. The zero-order valence-corrected chi connectivity index (χ0v) is 11.5. The van der Waals surface area contributed by atoms with Gasteiger partial charge in [-0.3, -0.25) is 14.5 Å². The van der Waals surface area contributed by atoms with Crippen molar-refractivity contribution in [3.05, 3.63) is 0 Å². The summed E-state index contributed by atoms with van der Waals surface area (Å²) in [7, 11) is 1.13. The van der Waals surface area contributed by atoms with Crippen LogP contribution in [0, 0.1) is 5.92 Å². The minimum Gasteiger partial charge on any atom is -0.468 e. The number of oxime groups is 1. The monoisotopic (exact) mass is 301 g/mol. The summed E-state index contributed by atoms with van der Waals surface area (Å²) in [5.74, 6) is -2.87. The van der Waals surface area contributed by atoms with Gasteiger partial charge in [-0.15, -0.1) is 0 Å². The maximum absolute atomic E-state index is 13.6. The first kappa shape index (κ1) is 15.2. The molecule has 2 aliphatic rings. The lowest BCUT2D eigenvalue weighted by molar-refractivity contribution is -0.181. The molecule has 0 bridgehead atoms. The molecular formula is C12H16FN3O5. The summed E-state index contributed by atoms with van der Waals surface area (Å²) in [6.07, 6.45) is 1.04. The number of amides is 3. The van der Waals surface area contributed by atoms with Crippen LogP contribution in [0.5, 0.6) is 0 Å². The van der Waals surface area contributed by atoms with Crippen LogP contribution in [0.4, 0.5) is 9.18 Å². The first-order valence-corrected chi connectivity index (χ1v) is 6.62. The third-order valence-corrected chi connectivity index (χ3v) is 3.37. The van der Waals surface area contributed by atoms with Gasteiger partial charge in [0, 0.05) is 6.54 Å². The molecule has 3 amide bonds. The Hall–Kier alpha value is -2.19. The molecule has 8 nitrogen and oxygen atoms in total. The Balaban J connectivity index is 2.06. The molecule has 0 aromatic carbocycles. The SMILES string of the molecule is COC(=O)C1CNC(=O)N(ON=C2CCCCC2F)C1=O. The van der Waals surface area contributed by atoms with Gasteiger partial charge in [0.05, 0.1) is 12.8 Å². The Kier molecular flexibility index (Phi) is 4.71. The molecule has 1 saturated carbocycles. The third kappa shape index (κ3) is 3.29. The highest BCUT2D eigenvalue weighted by molar-refractivity contribution is 6.06. The van der Waals surface area contributed by atoms with Gasteiger partial charge in [-0.25, -0.2) is 9.18 Å². The van der Waals surface area contributed by atoms with E-state index >= 15 is 0 Å². The van der Waals surface area contributed by atoms with Gasteiger partial charge in [-0.1, -0.05) is 10.2 Å². The number of halogens is 1. The molecule has 116 valence electrons. The van der Waals surface area contributed by atoms with Crippen molar-refractivity contribution in [2.24, 2.45) is 11.1 Å². The fourth-order valence-corrected chi connectivity index (χ4v) is 2.14. The van der Waals surface area contributed by atoms with E-state index in [4.69, 9.17) is 4.94 Å². The van der Waals surface area contributed by atoms with E-state index in [1.165, 1.54) is 0 Å². The number of urea groups is 1. The topological polar surface area (TPSA) is 97.3 Å². The van der Waals surface area contributed by atoms with E-state index in [1.54, 1.807) is 0 Å². The Bertz CT molecular complexity index is 482. The normalized spacial score (nSPS) is 28.3. The minimum atomic E-state index is -1.24. The Morgan fingerprint density at radius 3 is 2.86 bits per heavy atom. The third-order valence-electron chi connectivity index (χ3n) is 3.37. The van der Waals surface area contributed by atoms with E-state index in [1.807, 2.05) is 0 Å². The number of carbonyl (C=O) groups is 3. The summed E-state index contributed by atoms with van der Waals surface area (Å²) in [4.78, 5) is 39.7. The number of methoxy groups -OCH3 is 1. The average molecular weight is 301 g/mol. The predicted octanol–water partition coefficient (Wildman–Crippen LogP) is 0.527. The summed E-state index contributed by atoms with van der Waals surface area (Å²) in [5, 5.41) is 6.17. The van der Waals surface area contributed by atoms with E-state index < -0.39 is 30.0 Å². The van der Waals surface area contributed by atoms with Crippen LogP contribution in [0.3, 0.4) is 0 Å². The average Bonchev–Trinajstić information content (AvgIpc) is 2.48. The van der Waals surface area contributed by atoms with Crippen LogP contribution in [0.25, 0.3) is 0 Å². The van der Waals surface area contributed by atoms with Crippen LogP contribution >= 0.6 is 0 Å². The van der Waals surface area contributed by atoms with E-state index in [0.717, 1.165) is 20.0 Å². The second kappa shape index (κ2) is 6.51. The smallest absolute Gasteiger partial charge is 0.360 e. The first-order valence-electron chi connectivity index (χ1n) is 6.62. The van der Waals surface area contributed by atoms with Gasteiger partial charge in [0.15, 0.2) is 5.92 Å². The maximum atomic E-state index is 13.6. The van der Waals surface area contributed by atoms with Crippen molar-refractivity contribution < 1.29 is 28.4 Å². The zero-order chi connectivity index (χ0) is 15.4. The van der Waals surface area contributed by atoms with Crippen molar-refractivity contribution in [1.29, 1.82) is 0 Å². The summed E-state index contributed by atoms with van der Waals surface area (Å²) >= 11 is 0. The predicted molar refractivity (Wildman–Crippen MR) is 67.6 cm³/mol. The second-order valence-electron chi connectivity index (χ2n) is 4.77. The van der Waals surface area contributed by atoms with Gasteiger partial charge in [0.2, 0.25) is 0 Å². The number of esters is 1. The number of nitrogens with one attached hydrogen (secondary N) is 1. The number of ether oxygens (including phenoxy) is 1. The van der Waals surface area contributed by atoms with Crippen LogP contribution in [-0.2, 0) is 19.3 Å². The van der Waals surface area contributed by atoms with E-state index in [2.05, 4.69) is 15.2 Å². The molecule has 1 N–H and O–H groups in total. The molecule has 9 heteroatoms. The summed E-state index contributed by atoms with van der Waals surface area (Å²) < 4.78 is 18.0. The first-order chi connectivity index (χ1) is 10.0. The van der Waals surface area contributed by atoms with Gasteiger partial charge in [-0.05, 0) is 25.7 Å². The Labute approximate surface area is 120 Å². The molecule has 1 aliphatic heterocycles. The molecule has 0 aromatic heterocycles. The lowest BCUT2D eigenvalue weighted by atomic mass is 9.97. The Morgan fingerprint density at radius 2 is 2.19 bits per heavy atom. The van der Waals surface area contributed by atoms with Crippen molar-refractivity contribution >= 4 is 23.6 Å². The molecule has 2 rings (SSSR count). The Morgan fingerprint density at radius 1 is 1.43 bits per heavy atom. The van der Waals surface area contributed by atoms with E-state index in [-0.39, 0.29) is 12.3 Å². The lowest BCUT2D eigenvalue weighted by Gasteiger charge is -2.27. The number of hydrogen-bond acceptors (Lipinski definition) is 6. The largest absolute Gasteiger partial charge is 0.468 e. The van der Waals surface area contributed by atoms with Crippen LogP contribution in [-0.4, -0.2) is 48.5 Å². The van der Waals surface area contributed by atoms with E-state index in [9.17, 15) is 18.8 Å². The summed E-state index contributed by atoms with van der Waals surface area (Å²) in [6, 6.07) is -0.851. The molecule has 0 radical (unpaired) electrons. The highest BCUT2D eigenvalue weighted by Crippen LogP contribution is 2.19. The molecule has 1 aliphatic carbocycles. The number of imide groups is 1. The van der Waals surface area contributed by atoms with Gasteiger partial charge in [0.25, 0.3) is 5.91 Å². The molecule has 0 spiro atoms. The number of alkyl halides is 1. The second-order valence-corrected chi connectivity index (χ2v) is 4.77. The molecule has 21 heavy (non-hydrogen) atoms. The molecule has 1 heterocycles. The van der Waals surface area contributed by atoms with Crippen LogP contribution in [0.15, 0.2) is 5.16 Å². The molecule has 2 unspecified atom stereocenters. The van der Waals surface area contributed by atoms with Crippen molar-refractivity contribution in [3.8, 4) is 0 Å². The number of nitrogens with zero attached hydrogens (tertiary/aromatic N) is 2. The fourth-order valence-electron chi connectivity index (χ4n) is 2.14. The number of carbonyl (C=O) groups excluding carboxylic acids is 3.